The fourth-order valence-corrected chi connectivity index (χ4v) is 4.05. The summed E-state index contributed by atoms with van der Waals surface area (Å²) in [6.45, 7) is 0.539. The van der Waals surface area contributed by atoms with Crippen LogP contribution in [0.2, 0.25) is 0 Å². The number of aromatic nitrogens is 1. The van der Waals surface area contributed by atoms with Gasteiger partial charge in [0, 0.05) is 30.8 Å². The molecule has 1 aromatic heterocycles. The normalized spacial score (nSPS) is 10.7. The van der Waals surface area contributed by atoms with Crippen molar-refractivity contribution < 1.29 is 32.4 Å². The van der Waals surface area contributed by atoms with Crippen LogP contribution in [0.25, 0.3) is 0 Å². The van der Waals surface area contributed by atoms with Crippen LogP contribution in [-0.4, -0.2) is 49.2 Å². The van der Waals surface area contributed by atoms with Crippen molar-refractivity contribution >= 4 is 11.8 Å². The average Bonchev–Trinajstić information content (AvgIpc) is 3.43. The van der Waals surface area contributed by atoms with Crippen molar-refractivity contribution in [3.63, 3.8) is 0 Å². The van der Waals surface area contributed by atoms with E-state index in [1.54, 1.807) is 26.4 Å². The Morgan fingerprint density at radius 2 is 1.43 bits per heavy atom. The van der Waals surface area contributed by atoms with E-state index < -0.39 is 23.4 Å². The number of nitrogens with one attached hydrogen (secondary N) is 1. The van der Waals surface area contributed by atoms with Crippen LogP contribution in [0.15, 0.2) is 77.3 Å². The predicted molar refractivity (Wildman–Crippen MR) is 143 cm³/mol. The van der Waals surface area contributed by atoms with E-state index in [1.807, 2.05) is 36.4 Å². The van der Waals surface area contributed by atoms with E-state index in [0.717, 1.165) is 29.0 Å². The SMILES string of the molecule is COc1ccc(CCNC(=O)c2cc(CN(CCc3ccc(OC)cc3)C(=O)c3cc(F)cc(F)c3)on2)cc1. The Labute approximate surface area is 230 Å². The Kier molecular flexibility index (Phi) is 9.45. The summed E-state index contributed by atoms with van der Waals surface area (Å²) in [4.78, 5) is 27.2. The Balaban J connectivity index is 1.42. The zero-order valence-electron chi connectivity index (χ0n) is 22.2. The fraction of sp³-hybridized carbons (Fsp3) is 0.233. The van der Waals surface area contributed by atoms with Gasteiger partial charge in [-0.25, -0.2) is 8.78 Å². The number of hydrogen-bond acceptors (Lipinski definition) is 6. The molecule has 0 aliphatic heterocycles. The molecule has 208 valence electrons. The highest BCUT2D eigenvalue weighted by Gasteiger charge is 2.21. The highest BCUT2D eigenvalue weighted by atomic mass is 19.1. The van der Waals surface area contributed by atoms with Crippen molar-refractivity contribution in [2.24, 2.45) is 0 Å². The standard InChI is InChI=1S/C30H29F2N3O5/c1-38-25-7-3-20(4-8-25)11-13-33-29(36)28-18-27(40-34-28)19-35(14-12-21-5-9-26(39-2)10-6-21)30(37)22-15-23(31)17-24(32)16-22/h3-10,15-18H,11-14,19H2,1-2H3,(H,33,36). The minimum absolute atomic E-state index is 0.0563. The van der Waals surface area contributed by atoms with Crippen LogP contribution in [0, 0.1) is 11.6 Å². The van der Waals surface area contributed by atoms with Crippen molar-refractivity contribution in [1.82, 2.24) is 15.4 Å². The molecule has 0 fully saturated rings. The van der Waals surface area contributed by atoms with Gasteiger partial charge in [0.25, 0.3) is 11.8 Å². The first-order valence-electron chi connectivity index (χ1n) is 12.6. The number of benzene rings is 3. The molecule has 0 unspecified atom stereocenters. The largest absolute Gasteiger partial charge is 0.497 e. The van der Waals surface area contributed by atoms with Gasteiger partial charge in [-0.2, -0.15) is 0 Å². The number of hydrogen-bond donors (Lipinski definition) is 1. The summed E-state index contributed by atoms with van der Waals surface area (Å²) >= 11 is 0. The van der Waals surface area contributed by atoms with E-state index >= 15 is 0 Å². The monoisotopic (exact) mass is 549 g/mol. The summed E-state index contributed by atoms with van der Waals surface area (Å²) in [5.74, 6) is -1.02. The molecule has 3 aromatic carbocycles. The summed E-state index contributed by atoms with van der Waals surface area (Å²) in [5, 5.41) is 6.63. The molecule has 4 aromatic rings. The Hall–Kier alpha value is -4.73. The van der Waals surface area contributed by atoms with E-state index in [1.165, 1.54) is 11.0 Å². The number of nitrogens with zero attached hydrogens (tertiary/aromatic N) is 2. The van der Waals surface area contributed by atoms with E-state index in [2.05, 4.69) is 10.5 Å². The highest BCUT2D eigenvalue weighted by molar-refractivity contribution is 5.94. The van der Waals surface area contributed by atoms with Gasteiger partial charge >= 0.3 is 0 Å². The lowest BCUT2D eigenvalue weighted by atomic mass is 10.1. The average molecular weight is 550 g/mol. The molecule has 40 heavy (non-hydrogen) atoms. The van der Waals surface area contributed by atoms with Crippen molar-refractivity contribution in [2.75, 3.05) is 27.3 Å². The van der Waals surface area contributed by atoms with E-state index in [9.17, 15) is 18.4 Å². The summed E-state index contributed by atoms with van der Waals surface area (Å²) < 4.78 is 43.3. The molecule has 0 saturated carbocycles. The van der Waals surface area contributed by atoms with Crippen molar-refractivity contribution in [1.29, 1.82) is 0 Å². The number of carbonyl (C=O) groups excluding carboxylic acids is 2. The maximum absolute atomic E-state index is 13.8. The van der Waals surface area contributed by atoms with E-state index in [-0.39, 0.29) is 30.1 Å². The molecule has 10 heteroatoms. The Bertz CT molecular complexity index is 1420. The smallest absolute Gasteiger partial charge is 0.273 e. The van der Waals surface area contributed by atoms with Crippen LogP contribution >= 0.6 is 0 Å². The number of rotatable bonds is 12. The molecule has 0 bridgehead atoms. The first-order chi connectivity index (χ1) is 19.3. The highest BCUT2D eigenvalue weighted by Crippen LogP contribution is 2.17. The zero-order valence-corrected chi connectivity index (χ0v) is 22.2. The minimum Gasteiger partial charge on any atom is -0.497 e. The van der Waals surface area contributed by atoms with Gasteiger partial charge in [0.15, 0.2) is 11.5 Å². The summed E-state index contributed by atoms with van der Waals surface area (Å²) in [5.41, 5.74) is 1.88. The number of carbonyl (C=O) groups is 2. The number of methoxy groups -OCH3 is 2. The van der Waals surface area contributed by atoms with Crippen LogP contribution in [-0.2, 0) is 19.4 Å². The van der Waals surface area contributed by atoms with Gasteiger partial charge in [-0.05, 0) is 60.4 Å². The lowest BCUT2D eigenvalue weighted by molar-refractivity contribution is 0.0728. The van der Waals surface area contributed by atoms with Crippen LogP contribution in [0.1, 0.15) is 37.7 Å². The Morgan fingerprint density at radius 1 is 0.850 bits per heavy atom. The van der Waals surface area contributed by atoms with Crippen molar-refractivity contribution in [3.05, 3.63) is 113 Å². The molecule has 8 nitrogen and oxygen atoms in total. The molecule has 0 saturated heterocycles. The van der Waals surface area contributed by atoms with E-state index in [4.69, 9.17) is 14.0 Å². The predicted octanol–water partition coefficient (Wildman–Crippen LogP) is 4.83. The van der Waals surface area contributed by atoms with Gasteiger partial charge in [-0.15, -0.1) is 0 Å². The number of halogens is 2. The minimum atomic E-state index is -0.855. The molecule has 0 aliphatic carbocycles. The second-order valence-electron chi connectivity index (χ2n) is 9.02. The maximum atomic E-state index is 13.8. The molecule has 0 spiro atoms. The third-order valence-electron chi connectivity index (χ3n) is 6.22. The third kappa shape index (κ3) is 7.66. The zero-order chi connectivity index (χ0) is 28.5. The van der Waals surface area contributed by atoms with Gasteiger partial charge in [0.1, 0.15) is 23.1 Å². The molecule has 2 amide bonds. The van der Waals surface area contributed by atoms with Crippen molar-refractivity contribution in [2.45, 2.75) is 19.4 Å². The molecule has 1 N–H and O–H groups in total. The molecule has 4 rings (SSSR count). The summed E-state index contributed by atoms with van der Waals surface area (Å²) in [7, 11) is 3.17. The molecular weight excluding hydrogens is 520 g/mol. The second kappa shape index (κ2) is 13.4. The number of amides is 2. The van der Waals surface area contributed by atoms with Gasteiger partial charge in [-0.1, -0.05) is 29.4 Å². The molecular formula is C30H29F2N3O5. The lowest BCUT2D eigenvalue weighted by Crippen LogP contribution is -2.32. The maximum Gasteiger partial charge on any atom is 0.273 e. The van der Waals surface area contributed by atoms with Crippen LogP contribution in [0.4, 0.5) is 8.78 Å². The van der Waals surface area contributed by atoms with Gasteiger partial charge in [0.2, 0.25) is 0 Å². The van der Waals surface area contributed by atoms with Crippen LogP contribution in [0.5, 0.6) is 11.5 Å². The van der Waals surface area contributed by atoms with Gasteiger partial charge in [-0.3, -0.25) is 9.59 Å². The lowest BCUT2D eigenvalue weighted by Gasteiger charge is -2.22. The van der Waals surface area contributed by atoms with Crippen LogP contribution in [0.3, 0.4) is 0 Å². The Morgan fingerprint density at radius 3 is 2.00 bits per heavy atom. The first-order valence-corrected chi connectivity index (χ1v) is 12.6. The fourth-order valence-electron chi connectivity index (χ4n) is 4.05. The quantitative estimate of drug-likeness (QED) is 0.272. The molecule has 1 heterocycles. The topological polar surface area (TPSA) is 93.9 Å². The molecule has 0 atom stereocenters. The summed E-state index contributed by atoms with van der Waals surface area (Å²) in [6, 6.07) is 19.0. The van der Waals surface area contributed by atoms with E-state index in [0.29, 0.717) is 31.2 Å². The first kappa shape index (κ1) is 28.3. The molecule has 0 radical (unpaired) electrons. The number of ether oxygens (including phenoxy) is 2. The van der Waals surface area contributed by atoms with Crippen LogP contribution < -0.4 is 14.8 Å². The van der Waals surface area contributed by atoms with Gasteiger partial charge in [0.05, 0.1) is 20.8 Å². The summed E-state index contributed by atoms with van der Waals surface area (Å²) in [6.07, 6.45) is 1.07. The second-order valence-corrected chi connectivity index (χ2v) is 9.02. The van der Waals surface area contributed by atoms with Crippen molar-refractivity contribution in [3.8, 4) is 11.5 Å². The van der Waals surface area contributed by atoms with Gasteiger partial charge < -0.3 is 24.2 Å². The third-order valence-corrected chi connectivity index (χ3v) is 6.22. The molecule has 0 aliphatic rings.